The fourth-order valence-corrected chi connectivity index (χ4v) is 1.43. The summed E-state index contributed by atoms with van der Waals surface area (Å²) in [5, 5.41) is 17.6. The number of hydroxylamine groups is 1. The molecule has 0 spiro atoms. The lowest BCUT2D eigenvalue weighted by Crippen LogP contribution is -2.48. The fourth-order valence-electron chi connectivity index (χ4n) is 1.43. The van der Waals surface area contributed by atoms with E-state index in [1.165, 1.54) is 0 Å². The van der Waals surface area contributed by atoms with Gasteiger partial charge in [-0.25, -0.2) is 0 Å². The number of piperidine rings is 1. The molecule has 2 aliphatic heterocycles. The Kier molecular flexibility index (Phi) is 1.23. The topological polar surface area (TPSA) is 62.5 Å². The monoisotopic (exact) mass is 142 g/mol. The van der Waals surface area contributed by atoms with Crippen LogP contribution in [0.1, 0.15) is 6.42 Å². The first-order chi connectivity index (χ1) is 4.88. The van der Waals surface area contributed by atoms with Gasteiger partial charge in [0.15, 0.2) is 12.1 Å². The van der Waals surface area contributed by atoms with Crippen LogP contribution >= 0.6 is 0 Å². The maximum atomic E-state index is 10.9. The van der Waals surface area contributed by atoms with Gasteiger partial charge in [0.2, 0.25) is 0 Å². The van der Waals surface area contributed by atoms with Crippen LogP contribution in [0, 0.1) is 5.21 Å². The second kappa shape index (κ2) is 2.09. The SMILES string of the molecule is [O-][N+]1=NNC2CCNCC21. The van der Waals surface area contributed by atoms with Crippen molar-refractivity contribution in [2.24, 2.45) is 5.22 Å². The largest absolute Gasteiger partial charge is 0.695 e. The standard InChI is InChI=1S/C5H10N4O/c10-9-5-3-6-2-1-4(5)7-8-9/h4-7H,1-3H2. The smallest absolute Gasteiger partial charge is 0.175 e. The molecule has 1 fully saturated rings. The highest BCUT2D eigenvalue weighted by molar-refractivity contribution is 4.83. The van der Waals surface area contributed by atoms with Crippen molar-refractivity contribution in [1.29, 1.82) is 0 Å². The average molecular weight is 142 g/mol. The van der Waals surface area contributed by atoms with Gasteiger partial charge in [-0.1, -0.05) is 0 Å². The van der Waals surface area contributed by atoms with Gasteiger partial charge in [-0.3, -0.25) is 0 Å². The Morgan fingerprint density at radius 1 is 1.60 bits per heavy atom. The second-order valence-electron chi connectivity index (χ2n) is 2.70. The van der Waals surface area contributed by atoms with Crippen molar-refractivity contribution in [3.05, 3.63) is 5.21 Å². The molecule has 0 aromatic carbocycles. The van der Waals surface area contributed by atoms with Crippen LogP contribution < -0.4 is 10.7 Å². The van der Waals surface area contributed by atoms with Crippen molar-refractivity contribution >= 4 is 0 Å². The quantitative estimate of drug-likeness (QED) is 0.344. The number of nitrogens with one attached hydrogen (secondary N) is 2. The molecular formula is C5H10N4O. The van der Waals surface area contributed by atoms with Gasteiger partial charge < -0.3 is 10.5 Å². The fraction of sp³-hybridized carbons (Fsp3) is 1.00. The summed E-state index contributed by atoms with van der Waals surface area (Å²) in [6, 6.07) is 0.299. The molecule has 0 radical (unpaired) electrons. The molecule has 5 heteroatoms. The molecule has 2 unspecified atom stereocenters. The Morgan fingerprint density at radius 2 is 2.50 bits per heavy atom. The highest BCUT2D eigenvalue weighted by Gasteiger charge is 2.36. The first kappa shape index (κ1) is 5.91. The van der Waals surface area contributed by atoms with Crippen LogP contribution in [-0.2, 0) is 0 Å². The van der Waals surface area contributed by atoms with E-state index >= 15 is 0 Å². The Morgan fingerprint density at radius 3 is 3.30 bits per heavy atom. The number of hydrogen-bond acceptors (Lipinski definition) is 4. The predicted molar refractivity (Wildman–Crippen MR) is 34.3 cm³/mol. The van der Waals surface area contributed by atoms with Crippen LogP contribution in [0.5, 0.6) is 0 Å². The van der Waals surface area contributed by atoms with Gasteiger partial charge in [0, 0.05) is 13.0 Å². The Balaban J connectivity index is 2.08. The van der Waals surface area contributed by atoms with Crippen LogP contribution in [0.3, 0.4) is 0 Å². The number of fused-ring (bicyclic) bond motifs is 1. The van der Waals surface area contributed by atoms with Gasteiger partial charge in [-0.2, -0.15) is 10.3 Å². The van der Waals surface area contributed by atoms with E-state index in [9.17, 15) is 5.21 Å². The molecule has 2 N–H and O–H groups in total. The molecule has 2 heterocycles. The summed E-state index contributed by atoms with van der Waals surface area (Å²) in [5.74, 6) is 0. The van der Waals surface area contributed by atoms with E-state index in [-0.39, 0.29) is 12.1 Å². The van der Waals surface area contributed by atoms with Crippen molar-refractivity contribution in [3.63, 3.8) is 0 Å². The minimum absolute atomic E-state index is 0.0220. The summed E-state index contributed by atoms with van der Waals surface area (Å²) in [7, 11) is 0. The van der Waals surface area contributed by atoms with Crippen molar-refractivity contribution in [3.8, 4) is 0 Å². The highest BCUT2D eigenvalue weighted by Crippen LogP contribution is 2.11. The number of nitrogens with zero attached hydrogens (tertiary/aromatic N) is 2. The molecule has 1 saturated heterocycles. The Hall–Kier alpha value is -0.840. The third-order valence-corrected chi connectivity index (χ3v) is 2.06. The summed E-state index contributed by atoms with van der Waals surface area (Å²) in [6.07, 6.45) is 0.993. The molecule has 0 aromatic rings. The summed E-state index contributed by atoms with van der Waals surface area (Å²) < 4.78 is 0. The van der Waals surface area contributed by atoms with Crippen molar-refractivity contribution < 1.29 is 4.86 Å². The predicted octanol–water partition coefficient (Wildman–Crippen LogP) is -0.802. The summed E-state index contributed by atoms with van der Waals surface area (Å²) in [5.41, 5.74) is 2.81. The zero-order valence-corrected chi connectivity index (χ0v) is 5.58. The minimum atomic E-state index is 0.0220. The van der Waals surface area contributed by atoms with Crippen LogP contribution in [-0.4, -0.2) is 30.0 Å². The molecule has 5 nitrogen and oxygen atoms in total. The molecule has 2 atom stereocenters. The molecule has 2 aliphatic rings. The molecule has 2 rings (SSSR count). The van der Waals surface area contributed by atoms with Crippen molar-refractivity contribution in [2.75, 3.05) is 13.1 Å². The summed E-state index contributed by atoms with van der Waals surface area (Å²) in [4.78, 5) is 0.761. The number of hydrogen-bond donors (Lipinski definition) is 2. The van der Waals surface area contributed by atoms with Gasteiger partial charge in [0.1, 0.15) is 0 Å². The van der Waals surface area contributed by atoms with E-state index in [1.54, 1.807) is 0 Å². The molecule has 0 aliphatic carbocycles. The zero-order chi connectivity index (χ0) is 6.97. The van der Waals surface area contributed by atoms with E-state index in [1.807, 2.05) is 0 Å². The minimum Gasteiger partial charge on any atom is -0.695 e. The van der Waals surface area contributed by atoms with Crippen LogP contribution in [0.15, 0.2) is 5.22 Å². The second-order valence-corrected chi connectivity index (χ2v) is 2.70. The van der Waals surface area contributed by atoms with E-state index in [0.717, 1.165) is 24.4 Å². The first-order valence-electron chi connectivity index (χ1n) is 3.51. The molecule has 0 bridgehead atoms. The third-order valence-electron chi connectivity index (χ3n) is 2.06. The summed E-state index contributed by atoms with van der Waals surface area (Å²) >= 11 is 0. The van der Waals surface area contributed by atoms with Crippen molar-refractivity contribution in [1.82, 2.24) is 10.7 Å². The molecular weight excluding hydrogens is 132 g/mol. The molecule has 56 valence electrons. The van der Waals surface area contributed by atoms with Gasteiger partial charge in [0.05, 0.1) is 5.22 Å². The van der Waals surface area contributed by atoms with Gasteiger partial charge in [-0.05, 0) is 6.54 Å². The van der Waals surface area contributed by atoms with Gasteiger partial charge in [0.25, 0.3) is 0 Å². The van der Waals surface area contributed by atoms with Crippen LogP contribution in [0.25, 0.3) is 0 Å². The lowest BCUT2D eigenvalue weighted by atomic mass is 10.0. The zero-order valence-electron chi connectivity index (χ0n) is 5.58. The van der Waals surface area contributed by atoms with Gasteiger partial charge in [-0.15, -0.1) is 0 Å². The molecule has 0 aromatic heterocycles. The number of rotatable bonds is 0. The van der Waals surface area contributed by atoms with Crippen LogP contribution in [0.2, 0.25) is 0 Å². The van der Waals surface area contributed by atoms with E-state index in [4.69, 9.17) is 0 Å². The Labute approximate surface area is 58.7 Å². The lowest BCUT2D eigenvalue weighted by molar-refractivity contribution is -0.554. The maximum Gasteiger partial charge on any atom is 0.175 e. The summed E-state index contributed by atoms with van der Waals surface area (Å²) in [6.45, 7) is 1.74. The maximum absolute atomic E-state index is 10.9. The lowest BCUT2D eigenvalue weighted by Gasteiger charge is -2.22. The van der Waals surface area contributed by atoms with E-state index in [2.05, 4.69) is 16.0 Å². The van der Waals surface area contributed by atoms with E-state index in [0.29, 0.717) is 0 Å². The third kappa shape index (κ3) is 0.740. The van der Waals surface area contributed by atoms with Crippen LogP contribution in [0.4, 0.5) is 0 Å². The molecule has 10 heavy (non-hydrogen) atoms. The van der Waals surface area contributed by atoms with E-state index < -0.39 is 0 Å². The highest BCUT2D eigenvalue weighted by atomic mass is 16.5. The normalized spacial score (nSPS) is 38.2. The van der Waals surface area contributed by atoms with Crippen molar-refractivity contribution in [2.45, 2.75) is 18.5 Å². The average Bonchev–Trinajstić information content (AvgIpc) is 2.34. The van der Waals surface area contributed by atoms with Gasteiger partial charge >= 0.3 is 0 Å². The first-order valence-corrected chi connectivity index (χ1v) is 3.51. The Bertz CT molecular complexity index is 169. The molecule has 0 saturated carbocycles. The molecule has 0 amide bonds.